The molecule has 0 spiro atoms. The molecule has 27 heavy (non-hydrogen) atoms. The Labute approximate surface area is 153 Å². The molecule has 0 bridgehead atoms. The van der Waals surface area contributed by atoms with Gasteiger partial charge in [0.05, 0.1) is 17.7 Å². The van der Waals surface area contributed by atoms with E-state index in [1.807, 2.05) is 6.92 Å². The smallest absolute Gasteiger partial charge is 0.438 e. The molecule has 1 amide bonds. The Hall–Kier alpha value is -2.87. The van der Waals surface area contributed by atoms with E-state index in [1.165, 1.54) is 25.1 Å². The Kier molecular flexibility index (Phi) is 4.47. The van der Waals surface area contributed by atoms with Gasteiger partial charge in [-0.25, -0.2) is 0 Å². The number of amides is 1. The van der Waals surface area contributed by atoms with Gasteiger partial charge in [0.1, 0.15) is 5.75 Å². The van der Waals surface area contributed by atoms with Crippen molar-refractivity contribution in [2.75, 3.05) is 0 Å². The normalized spacial score (nSPS) is 19.9. The van der Waals surface area contributed by atoms with Crippen molar-refractivity contribution in [1.29, 1.82) is 0 Å². The molecule has 8 heteroatoms. The van der Waals surface area contributed by atoms with Crippen LogP contribution in [0.3, 0.4) is 0 Å². The summed E-state index contributed by atoms with van der Waals surface area (Å²) in [6.45, 7) is 3.33. The Morgan fingerprint density at radius 3 is 2.37 bits per heavy atom. The minimum Gasteiger partial charge on any atom is -0.507 e. The molecule has 1 atom stereocenters. The number of hydrazone groups is 1. The summed E-state index contributed by atoms with van der Waals surface area (Å²) < 4.78 is 40.9. The highest BCUT2D eigenvalue weighted by Crippen LogP contribution is 2.42. The van der Waals surface area contributed by atoms with E-state index in [-0.39, 0.29) is 16.3 Å². The number of nitrogens with zero attached hydrogens (tertiary/aromatic N) is 2. The quantitative estimate of drug-likeness (QED) is 0.840. The minimum absolute atomic E-state index is 0.0106. The summed E-state index contributed by atoms with van der Waals surface area (Å²) in [5, 5.41) is 24.2. The van der Waals surface area contributed by atoms with Gasteiger partial charge in [0.2, 0.25) is 0 Å². The largest absolute Gasteiger partial charge is 0.507 e. The molecule has 0 saturated carbocycles. The van der Waals surface area contributed by atoms with Crippen LogP contribution in [0.25, 0.3) is 0 Å². The number of hydrogen-bond acceptors (Lipinski definition) is 4. The number of aromatic hydroxyl groups is 1. The molecule has 142 valence electrons. The Morgan fingerprint density at radius 1 is 1.15 bits per heavy atom. The van der Waals surface area contributed by atoms with Crippen molar-refractivity contribution in [3.63, 3.8) is 0 Å². The van der Waals surface area contributed by atoms with E-state index in [0.717, 1.165) is 5.56 Å². The lowest BCUT2D eigenvalue weighted by Crippen LogP contribution is -2.56. The van der Waals surface area contributed by atoms with Gasteiger partial charge in [-0.05, 0) is 31.0 Å². The van der Waals surface area contributed by atoms with Crippen LogP contribution in [0.4, 0.5) is 13.2 Å². The third-order valence-corrected chi connectivity index (χ3v) is 4.48. The number of benzene rings is 2. The van der Waals surface area contributed by atoms with Gasteiger partial charge in [-0.3, -0.25) is 4.79 Å². The number of hydrogen-bond donors (Lipinski definition) is 2. The van der Waals surface area contributed by atoms with E-state index in [9.17, 15) is 28.2 Å². The topological polar surface area (TPSA) is 73.1 Å². The highest BCUT2D eigenvalue weighted by Gasteiger charge is 2.63. The summed E-state index contributed by atoms with van der Waals surface area (Å²) in [6.07, 6.45) is -6.05. The maximum absolute atomic E-state index is 13.6. The molecule has 1 aliphatic rings. The average Bonchev–Trinajstić information content (AvgIpc) is 2.96. The van der Waals surface area contributed by atoms with Gasteiger partial charge >= 0.3 is 6.18 Å². The predicted molar refractivity (Wildman–Crippen MR) is 92.4 cm³/mol. The monoisotopic (exact) mass is 378 g/mol. The molecule has 0 saturated heterocycles. The summed E-state index contributed by atoms with van der Waals surface area (Å²) in [7, 11) is 0. The van der Waals surface area contributed by atoms with Gasteiger partial charge in [-0.1, -0.05) is 42.0 Å². The first-order valence-corrected chi connectivity index (χ1v) is 8.11. The van der Waals surface area contributed by atoms with E-state index in [2.05, 4.69) is 5.10 Å². The van der Waals surface area contributed by atoms with Crippen LogP contribution >= 0.6 is 0 Å². The summed E-state index contributed by atoms with van der Waals surface area (Å²) in [5.74, 6) is -1.69. The fraction of sp³-hybridized carbons (Fsp3) is 0.263. The van der Waals surface area contributed by atoms with Crippen molar-refractivity contribution in [1.82, 2.24) is 5.01 Å². The average molecular weight is 378 g/mol. The molecule has 0 fully saturated rings. The molecule has 2 aromatic carbocycles. The molecular weight excluding hydrogens is 361 g/mol. The second-order valence-corrected chi connectivity index (χ2v) is 6.49. The lowest BCUT2D eigenvalue weighted by Gasteiger charge is -2.32. The van der Waals surface area contributed by atoms with Gasteiger partial charge in [0, 0.05) is 0 Å². The SMILES string of the molecule is Cc1ccc(C2=NN(C(=O)c3cccc(C)c3O)C(O)(C(F)(F)F)C2)cc1. The summed E-state index contributed by atoms with van der Waals surface area (Å²) >= 11 is 0. The van der Waals surface area contributed by atoms with E-state index in [1.54, 1.807) is 24.3 Å². The number of aryl methyl sites for hydroxylation is 2. The van der Waals surface area contributed by atoms with Crippen molar-refractivity contribution in [3.05, 3.63) is 64.7 Å². The van der Waals surface area contributed by atoms with Gasteiger partial charge in [0.25, 0.3) is 11.6 Å². The van der Waals surface area contributed by atoms with Crippen LogP contribution in [-0.4, -0.2) is 38.7 Å². The van der Waals surface area contributed by atoms with Gasteiger partial charge in [-0.15, -0.1) is 0 Å². The zero-order valence-corrected chi connectivity index (χ0v) is 14.6. The highest BCUT2D eigenvalue weighted by molar-refractivity contribution is 6.06. The number of phenolic OH excluding ortho intramolecular Hbond substituents is 1. The highest BCUT2D eigenvalue weighted by atomic mass is 19.4. The fourth-order valence-corrected chi connectivity index (χ4v) is 2.83. The van der Waals surface area contributed by atoms with Crippen LogP contribution in [0.5, 0.6) is 5.75 Å². The number of halogens is 3. The molecule has 2 N–H and O–H groups in total. The molecule has 1 heterocycles. The van der Waals surface area contributed by atoms with Crippen molar-refractivity contribution < 1.29 is 28.2 Å². The standard InChI is InChI=1S/C19H17F3N2O3/c1-11-6-8-13(9-7-11)15-10-18(27,19(20,21)22)24(23-15)17(26)14-5-3-4-12(2)16(14)25/h3-9,25,27H,10H2,1-2H3. The van der Waals surface area contributed by atoms with Crippen molar-refractivity contribution in [2.45, 2.75) is 32.2 Å². The zero-order chi connectivity index (χ0) is 20.0. The molecule has 0 aromatic heterocycles. The van der Waals surface area contributed by atoms with Crippen LogP contribution in [0.15, 0.2) is 47.6 Å². The van der Waals surface area contributed by atoms with Crippen LogP contribution in [0, 0.1) is 13.8 Å². The molecule has 5 nitrogen and oxygen atoms in total. The van der Waals surface area contributed by atoms with Crippen LogP contribution in [0.1, 0.15) is 33.5 Å². The van der Waals surface area contributed by atoms with Crippen LogP contribution < -0.4 is 0 Å². The zero-order valence-electron chi connectivity index (χ0n) is 14.6. The number of alkyl halides is 3. The maximum Gasteiger partial charge on any atom is 0.438 e. The molecule has 3 rings (SSSR count). The van der Waals surface area contributed by atoms with Gasteiger partial charge < -0.3 is 10.2 Å². The Morgan fingerprint density at radius 2 is 1.78 bits per heavy atom. The number of carbonyl (C=O) groups is 1. The van der Waals surface area contributed by atoms with E-state index < -0.39 is 30.0 Å². The number of rotatable bonds is 2. The van der Waals surface area contributed by atoms with Crippen molar-refractivity contribution in [2.24, 2.45) is 5.10 Å². The lowest BCUT2D eigenvalue weighted by atomic mass is 9.99. The van der Waals surface area contributed by atoms with Gasteiger partial charge in [-0.2, -0.15) is 23.3 Å². The van der Waals surface area contributed by atoms with Gasteiger partial charge in [0.15, 0.2) is 0 Å². The molecule has 1 aliphatic heterocycles. The molecule has 0 radical (unpaired) electrons. The third kappa shape index (κ3) is 3.16. The van der Waals surface area contributed by atoms with E-state index in [0.29, 0.717) is 11.1 Å². The minimum atomic E-state index is -5.14. The second-order valence-electron chi connectivity index (χ2n) is 6.49. The molecule has 0 aliphatic carbocycles. The van der Waals surface area contributed by atoms with E-state index in [4.69, 9.17) is 0 Å². The first kappa shape index (κ1) is 18.9. The summed E-state index contributed by atoms with van der Waals surface area (Å²) in [4.78, 5) is 12.7. The maximum atomic E-state index is 13.6. The summed E-state index contributed by atoms with van der Waals surface area (Å²) in [5.41, 5.74) is -2.35. The van der Waals surface area contributed by atoms with Crippen molar-refractivity contribution in [3.8, 4) is 5.75 Å². The molecular formula is C19H17F3N2O3. The summed E-state index contributed by atoms with van der Waals surface area (Å²) in [6, 6.07) is 10.7. The van der Waals surface area contributed by atoms with Crippen LogP contribution in [0.2, 0.25) is 0 Å². The number of aliphatic hydroxyl groups is 1. The van der Waals surface area contributed by atoms with E-state index >= 15 is 0 Å². The molecule has 1 unspecified atom stereocenters. The Balaban J connectivity index is 2.09. The third-order valence-electron chi connectivity index (χ3n) is 4.48. The Bertz CT molecular complexity index is 923. The van der Waals surface area contributed by atoms with Crippen LogP contribution in [-0.2, 0) is 0 Å². The number of para-hydroxylation sites is 1. The first-order chi connectivity index (χ1) is 12.5. The fourth-order valence-electron chi connectivity index (χ4n) is 2.83. The van der Waals surface area contributed by atoms with Crippen molar-refractivity contribution >= 4 is 11.6 Å². The predicted octanol–water partition coefficient (Wildman–Crippen LogP) is 3.51. The second kappa shape index (κ2) is 6.38. The number of phenols is 1. The first-order valence-electron chi connectivity index (χ1n) is 8.11. The lowest BCUT2D eigenvalue weighted by molar-refractivity contribution is -0.297. The molecule has 2 aromatic rings. The number of carbonyl (C=O) groups excluding carboxylic acids is 1.